The molecular formula is C13H13BFNO. The van der Waals surface area contributed by atoms with Crippen molar-refractivity contribution in [2.75, 3.05) is 12.4 Å². The van der Waals surface area contributed by atoms with Gasteiger partial charge in [0, 0.05) is 24.9 Å². The van der Waals surface area contributed by atoms with Crippen LogP contribution in [0.4, 0.5) is 10.1 Å². The fourth-order valence-corrected chi connectivity index (χ4v) is 1.49. The Balaban J connectivity index is 2.22. The van der Waals surface area contributed by atoms with Crippen molar-refractivity contribution in [2.45, 2.75) is 0 Å². The number of nitrogens with one attached hydrogen (secondary N) is 1. The smallest absolute Gasteiger partial charge is 0.143 e. The van der Waals surface area contributed by atoms with Gasteiger partial charge in [-0.05, 0) is 18.2 Å². The van der Waals surface area contributed by atoms with E-state index in [4.69, 9.17) is 4.74 Å². The van der Waals surface area contributed by atoms with Crippen LogP contribution in [0.5, 0.6) is 11.5 Å². The molecule has 2 aromatic rings. The molecule has 0 aliphatic carbocycles. The minimum Gasteiger partial charge on any atom is -0.457 e. The van der Waals surface area contributed by atoms with Crippen molar-refractivity contribution < 1.29 is 9.13 Å². The van der Waals surface area contributed by atoms with Crippen molar-refractivity contribution >= 4 is 19.0 Å². The van der Waals surface area contributed by atoms with Gasteiger partial charge in [-0.3, -0.25) is 0 Å². The second-order valence-corrected chi connectivity index (χ2v) is 3.79. The normalized spacial score (nSPS) is 10.0. The predicted molar refractivity (Wildman–Crippen MR) is 70.6 cm³/mol. The molecule has 2 nitrogen and oxygen atoms in total. The molecule has 0 atom stereocenters. The number of hydrogen-bond acceptors (Lipinski definition) is 2. The summed E-state index contributed by atoms with van der Waals surface area (Å²) >= 11 is 0. The molecule has 4 heteroatoms. The van der Waals surface area contributed by atoms with Crippen molar-refractivity contribution in [2.24, 2.45) is 0 Å². The van der Waals surface area contributed by atoms with Crippen molar-refractivity contribution in [3.63, 3.8) is 0 Å². The molecule has 0 fully saturated rings. The molecule has 86 valence electrons. The fourth-order valence-electron chi connectivity index (χ4n) is 1.49. The molecule has 0 heterocycles. The lowest BCUT2D eigenvalue weighted by atomic mass is 9.96. The molecule has 2 rings (SSSR count). The highest BCUT2D eigenvalue weighted by molar-refractivity contribution is 6.32. The van der Waals surface area contributed by atoms with E-state index in [0.29, 0.717) is 17.0 Å². The summed E-state index contributed by atoms with van der Waals surface area (Å²) in [5.41, 5.74) is 1.57. The van der Waals surface area contributed by atoms with E-state index in [1.807, 2.05) is 31.3 Å². The third kappa shape index (κ3) is 2.78. The van der Waals surface area contributed by atoms with E-state index in [1.165, 1.54) is 6.07 Å². The summed E-state index contributed by atoms with van der Waals surface area (Å²) in [4.78, 5) is 0. The molecule has 0 bridgehead atoms. The van der Waals surface area contributed by atoms with E-state index >= 15 is 0 Å². The van der Waals surface area contributed by atoms with Gasteiger partial charge in [0.2, 0.25) is 0 Å². The summed E-state index contributed by atoms with van der Waals surface area (Å²) in [5, 5.41) is 3.02. The lowest BCUT2D eigenvalue weighted by Crippen LogP contribution is -2.07. The van der Waals surface area contributed by atoms with Gasteiger partial charge in [0.25, 0.3) is 0 Å². The summed E-state index contributed by atoms with van der Waals surface area (Å²) in [5.74, 6) is 0.925. The molecule has 0 aromatic heterocycles. The SMILES string of the molecule is Bc1ccc(Oc2cccc(NC)c2)cc1F. The van der Waals surface area contributed by atoms with Crippen molar-refractivity contribution in [1.82, 2.24) is 0 Å². The van der Waals surface area contributed by atoms with Gasteiger partial charge in [0.15, 0.2) is 0 Å². The zero-order chi connectivity index (χ0) is 12.3. The van der Waals surface area contributed by atoms with E-state index in [9.17, 15) is 4.39 Å². The standard InChI is InChI=1S/C13H13BFNO/c1-16-9-3-2-4-10(7-9)17-11-5-6-12(14)13(15)8-11/h2-8,16H,14H2,1H3. The average molecular weight is 229 g/mol. The number of rotatable bonds is 3. The monoisotopic (exact) mass is 229 g/mol. The average Bonchev–Trinajstić information content (AvgIpc) is 2.34. The first-order valence-corrected chi connectivity index (χ1v) is 5.41. The number of benzene rings is 2. The van der Waals surface area contributed by atoms with Crippen LogP contribution in [0.2, 0.25) is 0 Å². The Labute approximate surface area is 101 Å². The van der Waals surface area contributed by atoms with Crippen molar-refractivity contribution in [3.05, 3.63) is 48.3 Å². The van der Waals surface area contributed by atoms with Gasteiger partial charge in [-0.15, -0.1) is 0 Å². The molecule has 0 amide bonds. The Morgan fingerprint density at radius 2 is 1.88 bits per heavy atom. The molecule has 0 unspecified atom stereocenters. The lowest BCUT2D eigenvalue weighted by molar-refractivity contribution is 0.477. The van der Waals surface area contributed by atoms with Gasteiger partial charge in [0.05, 0.1) is 0 Å². The van der Waals surface area contributed by atoms with E-state index in [1.54, 1.807) is 20.0 Å². The van der Waals surface area contributed by atoms with Crippen LogP contribution in [0.1, 0.15) is 0 Å². The van der Waals surface area contributed by atoms with Gasteiger partial charge in [-0.1, -0.05) is 17.6 Å². The van der Waals surface area contributed by atoms with Crippen LogP contribution in [-0.4, -0.2) is 14.9 Å². The Morgan fingerprint density at radius 1 is 1.12 bits per heavy atom. The molecule has 17 heavy (non-hydrogen) atoms. The Bertz CT molecular complexity index is 531. The highest BCUT2D eigenvalue weighted by Gasteiger charge is 2.02. The second-order valence-electron chi connectivity index (χ2n) is 3.79. The van der Waals surface area contributed by atoms with Crippen LogP contribution in [0, 0.1) is 5.82 Å². The highest BCUT2D eigenvalue weighted by Crippen LogP contribution is 2.23. The van der Waals surface area contributed by atoms with Gasteiger partial charge < -0.3 is 10.1 Å². The second kappa shape index (κ2) is 4.91. The summed E-state index contributed by atoms with van der Waals surface area (Å²) in [6, 6.07) is 12.4. The predicted octanol–water partition coefficient (Wildman–Crippen LogP) is 1.92. The molecular weight excluding hydrogens is 216 g/mol. The quantitative estimate of drug-likeness (QED) is 0.812. The van der Waals surface area contributed by atoms with Crippen LogP contribution in [0.15, 0.2) is 42.5 Å². The summed E-state index contributed by atoms with van der Waals surface area (Å²) < 4.78 is 18.9. The number of hydrogen-bond donors (Lipinski definition) is 1. The molecule has 2 aromatic carbocycles. The zero-order valence-corrected chi connectivity index (χ0v) is 9.83. The van der Waals surface area contributed by atoms with E-state index in [-0.39, 0.29) is 5.82 Å². The summed E-state index contributed by atoms with van der Waals surface area (Å²) in [6.07, 6.45) is 0. The lowest BCUT2D eigenvalue weighted by Gasteiger charge is -2.08. The molecule has 0 radical (unpaired) electrons. The zero-order valence-electron chi connectivity index (χ0n) is 9.83. The molecule has 0 spiro atoms. The van der Waals surface area contributed by atoms with E-state index in [2.05, 4.69) is 5.32 Å². The van der Waals surface area contributed by atoms with E-state index in [0.717, 1.165) is 5.69 Å². The maximum absolute atomic E-state index is 13.3. The largest absolute Gasteiger partial charge is 0.457 e. The van der Waals surface area contributed by atoms with Crippen molar-refractivity contribution in [1.29, 1.82) is 0 Å². The molecule has 1 N–H and O–H groups in total. The third-order valence-electron chi connectivity index (χ3n) is 2.50. The fraction of sp³-hybridized carbons (Fsp3) is 0.0769. The first kappa shape index (κ1) is 11.5. The van der Waals surface area contributed by atoms with Crippen LogP contribution in [0.25, 0.3) is 0 Å². The van der Waals surface area contributed by atoms with Crippen LogP contribution in [0.3, 0.4) is 0 Å². The number of anilines is 1. The first-order chi connectivity index (χ1) is 8.19. The van der Waals surface area contributed by atoms with Crippen LogP contribution < -0.4 is 15.5 Å². The topological polar surface area (TPSA) is 21.3 Å². The number of halogens is 1. The van der Waals surface area contributed by atoms with Crippen LogP contribution in [-0.2, 0) is 0 Å². The van der Waals surface area contributed by atoms with Gasteiger partial charge in [-0.2, -0.15) is 0 Å². The van der Waals surface area contributed by atoms with Crippen molar-refractivity contribution in [3.8, 4) is 11.5 Å². The maximum atomic E-state index is 13.3. The number of ether oxygens (including phenoxy) is 1. The Morgan fingerprint density at radius 3 is 2.59 bits per heavy atom. The van der Waals surface area contributed by atoms with Gasteiger partial charge >= 0.3 is 0 Å². The van der Waals surface area contributed by atoms with E-state index < -0.39 is 0 Å². The Kier molecular flexibility index (Phi) is 3.33. The minimum atomic E-state index is -0.257. The minimum absolute atomic E-state index is 0.257. The molecule has 0 saturated carbocycles. The first-order valence-electron chi connectivity index (χ1n) is 5.41. The Hall–Kier alpha value is -1.97. The molecule has 0 aliphatic heterocycles. The summed E-state index contributed by atoms with van der Waals surface area (Å²) in [7, 11) is 3.56. The van der Waals surface area contributed by atoms with Crippen LogP contribution >= 0.6 is 0 Å². The molecule has 0 aliphatic rings. The molecule has 0 saturated heterocycles. The highest BCUT2D eigenvalue weighted by atomic mass is 19.1. The van der Waals surface area contributed by atoms with Gasteiger partial charge in [0.1, 0.15) is 25.2 Å². The maximum Gasteiger partial charge on any atom is 0.143 e. The summed E-state index contributed by atoms with van der Waals surface area (Å²) in [6.45, 7) is 0. The van der Waals surface area contributed by atoms with Gasteiger partial charge in [-0.25, -0.2) is 4.39 Å². The third-order valence-corrected chi connectivity index (χ3v) is 2.50.